The molecule has 1 heterocycles. The number of hydrogen-bond acceptors (Lipinski definition) is 4. The largest absolute Gasteiger partial charge is 0.490 e. The first-order chi connectivity index (χ1) is 11.5. The Hall–Kier alpha value is -1.76. The Bertz CT molecular complexity index is 806. The van der Waals surface area contributed by atoms with Crippen LogP contribution in [0.15, 0.2) is 47.4 Å². The Morgan fingerprint density at radius 3 is 2.46 bits per heavy atom. The van der Waals surface area contributed by atoms with E-state index in [-0.39, 0.29) is 4.90 Å². The van der Waals surface area contributed by atoms with Crippen molar-refractivity contribution >= 4 is 21.6 Å². The van der Waals surface area contributed by atoms with Crippen LogP contribution in [0.5, 0.6) is 11.5 Å². The first-order valence-corrected chi connectivity index (χ1v) is 9.54. The van der Waals surface area contributed by atoms with Crippen molar-refractivity contribution in [2.24, 2.45) is 0 Å². The molecule has 0 saturated carbocycles. The molecule has 3 rings (SSSR count). The number of benzene rings is 2. The Labute approximate surface area is 146 Å². The SMILES string of the molecule is O=S(=O)(NCCc1ccc(Cl)cc1)c1ccc2c(c1)OCCCO2. The monoisotopic (exact) mass is 367 g/mol. The van der Waals surface area contributed by atoms with Crippen molar-refractivity contribution in [3.63, 3.8) is 0 Å². The molecule has 5 nitrogen and oxygen atoms in total. The number of fused-ring (bicyclic) bond motifs is 1. The molecule has 0 fully saturated rings. The number of hydrogen-bond donors (Lipinski definition) is 1. The molecule has 0 unspecified atom stereocenters. The Balaban J connectivity index is 1.66. The van der Waals surface area contributed by atoms with Gasteiger partial charge in [-0.15, -0.1) is 0 Å². The Morgan fingerprint density at radius 2 is 1.71 bits per heavy atom. The first-order valence-electron chi connectivity index (χ1n) is 7.68. The third-order valence-electron chi connectivity index (χ3n) is 3.65. The van der Waals surface area contributed by atoms with Crippen LogP contribution in [0.4, 0.5) is 0 Å². The van der Waals surface area contributed by atoms with E-state index in [2.05, 4.69) is 4.72 Å². The molecule has 0 spiro atoms. The normalized spacial score (nSPS) is 14.2. The third kappa shape index (κ3) is 4.20. The molecular weight excluding hydrogens is 350 g/mol. The predicted molar refractivity (Wildman–Crippen MR) is 92.4 cm³/mol. The quantitative estimate of drug-likeness (QED) is 0.882. The van der Waals surface area contributed by atoms with E-state index in [9.17, 15) is 8.42 Å². The zero-order valence-corrected chi connectivity index (χ0v) is 14.6. The van der Waals surface area contributed by atoms with Crippen molar-refractivity contribution in [3.05, 3.63) is 53.1 Å². The molecule has 0 atom stereocenters. The summed E-state index contributed by atoms with van der Waals surface area (Å²) in [6.07, 6.45) is 1.36. The summed E-state index contributed by atoms with van der Waals surface area (Å²) in [7, 11) is -3.60. The Kier molecular flexibility index (Phi) is 5.28. The van der Waals surface area contributed by atoms with Crippen molar-refractivity contribution in [2.45, 2.75) is 17.7 Å². The van der Waals surface area contributed by atoms with Crippen molar-refractivity contribution in [2.75, 3.05) is 19.8 Å². The van der Waals surface area contributed by atoms with Crippen LogP contribution in [0.2, 0.25) is 5.02 Å². The van der Waals surface area contributed by atoms with Gasteiger partial charge in [-0.25, -0.2) is 13.1 Å². The summed E-state index contributed by atoms with van der Waals surface area (Å²) < 4.78 is 38.5. The van der Waals surface area contributed by atoms with Gasteiger partial charge in [-0.3, -0.25) is 0 Å². The van der Waals surface area contributed by atoms with Gasteiger partial charge in [-0.1, -0.05) is 23.7 Å². The van der Waals surface area contributed by atoms with Gasteiger partial charge in [0.1, 0.15) is 0 Å². The maximum atomic E-state index is 12.4. The molecule has 0 aromatic heterocycles. The van der Waals surface area contributed by atoms with Gasteiger partial charge < -0.3 is 9.47 Å². The molecule has 1 aliphatic heterocycles. The van der Waals surface area contributed by atoms with E-state index in [1.165, 1.54) is 12.1 Å². The lowest BCUT2D eigenvalue weighted by Crippen LogP contribution is -2.26. The van der Waals surface area contributed by atoms with E-state index in [1.54, 1.807) is 18.2 Å². The lowest BCUT2D eigenvalue weighted by Gasteiger charge is -2.11. The van der Waals surface area contributed by atoms with Gasteiger partial charge in [-0.2, -0.15) is 0 Å². The summed E-state index contributed by atoms with van der Waals surface area (Å²) in [5, 5.41) is 0.659. The van der Waals surface area contributed by atoms with Gasteiger partial charge in [0.2, 0.25) is 10.0 Å². The molecule has 0 saturated heterocycles. The molecule has 0 bridgehead atoms. The minimum absolute atomic E-state index is 0.169. The van der Waals surface area contributed by atoms with Crippen LogP contribution >= 0.6 is 11.6 Å². The fourth-order valence-electron chi connectivity index (χ4n) is 2.37. The van der Waals surface area contributed by atoms with Crippen LogP contribution in [-0.2, 0) is 16.4 Å². The van der Waals surface area contributed by atoms with Crippen LogP contribution in [0, 0.1) is 0 Å². The highest BCUT2D eigenvalue weighted by Crippen LogP contribution is 2.31. The zero-order valence-electron chi connectivity index (χ0n) is 13.0. The molecule has 2 aromatic rings. The summed E-state index contributed by atoms with van der Waals surface area (Å²) in [6, 6.07) is 12.0. The lowest BCUT2D eigenvalue weighted by molar-refractivity contribution is 0.297. The summed E-state index contributed by atoms with van der Waals surface area (Å²) in [5.41, 5.74) is 1.01. The average molecular weight is 368 g/mol. The highest BCUT2D eigenvalue weighted by atomic mass is 35.5. The second-order valence-electron chi connectivity index (χ2n) is 5.43. The number of sulfonamides is 1. The second kappa shape index (κ2) is 7.42. The van der Waals surface area contributed by atoms with Crippen molar-refractivity contribution in [1.82, 2.24) is 4.72 Å². The molecule has 1 N–H and O–H groups in total. The van der Waals surface area contributed by atoms with Gasteiger partial charge in [0, 0.05) is 24.1 Å². The second-order valence-corrected chi connectivity index (χ2v) is 7.64. The van der Waals surface area contributed by atoms with Crippen molar-refractivity contribution in [1.29, 1.82) is 0 Å². The highest BCUT2D eigenvalue weighted by molar-refractivity contribution is 7.89. The molecule has 2 aromatic carbocycles. The summed E-state index contributed by atoms with van der Waals surface area (Å²) >= 11 is 5.83. The van der Waals surface area contributed by atoms with Gasteiger partial charge in [0.05, 0.1) is 18.1 Å². The highest BCUT2D eigenvalue weighted by Gasteiger charge is 2.18. The minimum atomic E-state index is -3.60. The van der Waals surface area contributed by atoms with Gasteiger partial charge in [0.15, 0.2) is 11.5 Å². The van der Waals surface area contributed by atoms with Gasteiger partial charge in [-0.05, 0) is 36.2 Å². The molecule has 0 amide bonds. The fourth-order valence-corrected chi connectivity index (χ4v) is 3.55. The predicted octanol–water partition coefficient (Wildman–Crippen LogP) is 3.02. The standard InChI is InChI=1S/C17H18ClNO4S/c18-14-4-2-13(3-5-14)8-9-19-24(20,21)15-6-7-16-17(12-15)23-11-1-10-22-16/h2-7,12,19H,1,8-11H2. The van der Waals surface area contributed by atoms with E-state index >= 15 is 0 Å². The van der Waals surface area contributed by atoms with E-state index < -0.39 is 10.0 Å². The fraction of sp³-hybridized carbons (Fsp3) is 0.294. The maximum Gasteiger partial charge on any atom is 0.240 e. The summed E-state index contributed by atoms with van der Waals surface area (Å²) in [6.45, 7) is 1.39. The topological polar surface area (TPSA) is 64.6 Å². The smallest absolute Gasteiger partial charge is 0.240 e. The van der Waals surface area contributed by atoms with Crippen LogP contribution in [0.3, 0.4) is 0 Å². The molecule has 24 heavy (non-hydrogen) atoms. The average Bonchev–Trinajstić information content (AvgIpc) is 2.81. The minimum Gasteiger partial charge on any atom is -0.490 e. The van der Waals surface area contributed by atoms with Gasteiger partial charge >= 0.3 is 0 Å². The maximum absolute atomic E-state index is 12.4. The Morgan fingerprint density at radius 1 is 1.00 bits per heavy atom. The van der Waals surface area contributed by atoms with Crippen molar-refractivity contribution < 1.29 is 17.9 Å². The molecule has 7 heteroatoms. The third-order valence-corrected chi connectivity index (χ3v) is 5.36. The van der Waals surface area contributed by atoms with Gasteiger partial charge in [0.25, 0.3) is 0 Å². The molecule has 0 radical (unpaired) electrons. The van der Waals surface area contributed by atoms with Crippen LogP contribution < -0.4 is 14.2 Å². The number of halogens is 1. The summed E-state index contributed by atoms with van der Waals surface area (Å²) in [5.74, 6) is 1.04. The van der Waals surface area contributed by atoms with E-state index in [0.29, 0.717) is 42.7 Å². The van der Waals surface area contributed by atoms with Crippen LogP contribution in [0.1, 0.15) is 12.0 Å². The zero-order chi connectivity index (χ0) is 17.0. The lowest BCUT2D eigenvalue weighted by atomic mass is 10.2. The van der Waals surface area contributed by atoms with E-state index in [0.717, 1.165) is 12.0 Å². The molecule has 0 aliphatic carbocycles. The number of rotatable bonds is 5. The van der Waals surface area contributed by atoms with E-state index in [1.807, 2.05) is 12.1 Å². The molecule has 128 valence electrons. The number of nitrogens with one attached hydrogen (secondary N) is 1. The summed E-state index contributed by atoms with van der Waals surface area (Å²) in [4.78, 5) is 0.169. The van der Waals surface area contributed by atoms with Crippen LogP contribution in [-0.4, -0.2) is 28.2 Å². The van der Waals surface area contributed by atoms with E-state index in [4.69, 9.17) is 21.1 Å². The van der Waals surface area contributed by atoms with Crippen LogP contribution in [0.25, 0.3) is 0 Å². The molecule has 1 aliphatic rings. The number of ether oxygens (including phenoxy) is 2. The molecular formula is C17H18ClNO4S. The first kappa shape index (κ1) is 17.1. The van der Waals surface area contributed by atoms with Crippen molar-refractivity contribution in [3.8, 4) is 11.5 Å².